The van der Waals surface area contributed by atoms with Crippen molar-refractivity contribution in [1.82, 2.24) is 5.01 Å². The van der Waals surface area contributed by atoms with Crippen LogP contribution in [0.3, 0.4) is 0 Å². The zero-order valence-corrected chi connectivity index (χ0v) is 21.0. The third-order valence-corrected chi connectivity index (χ3v) is 7.49. The molecule has 0 radical (unpaired) electrons. The van der Waals surface area contributed by atoms with Gasteiger partial charge in [-0.25, -0.2) is 5.84 Å². The van der Waals surface area contributed by atoms with E-state index < -0.39 is 0 Å². The molecular formula is C28H32N4O2S. The van der Waals surface area contributed by atoms with Gasteiger partial charge in [0.1, 0.15) is 5.76 Å². The first-order chi connectivity index (χ1) is 16.9. The Kier molecular flexibility index (Phi) is 8.00. The predicted octanol–water partition coefficient (Wildman–Crippen LogP) is 6.04. The van der Waals surface area contributed by atoms with E-state index in [9.17, 15) is 4.79 Å². The molecule has 0 fully saturated rings. The first-order valence-corrected chi connectivity index (χ1v) is 12.6. The van der Waals surface area contributed by atoms with Gasteiger partial charge in [0.05, 0.1) is 25.0 Å². The maximum absolute atomic E-state index is 12.9. The van der Waals surface area contributed by atoms with Crippen LogP contribution in [0.15, 0.2) is 89.2 Å². The van der Waals surface area contributed by atoms with Crippen LogP contribution in [0.4, 0.5) is 11.4 Å². The average molecular weight is 489 g/mol. The summed E-state index contributed by atoms with van der Waals surface area (Å²) in [5, 5.41) is 7.23. The Morgan fingerprint density at radius 3 is 2.66 bits per heavy atom. The number of amides is 1. The fourth-order valence-electron chi connectivity index (χ4n) is 4.07. The van der Waals surface area contributed by atoms with Gasteiger partial charge >= 0.3 is 0 Å². The normalized spacial score (nSPS) is 18.6. The first-order valence-electron chi connectivity index (χ1n) is 11.7. The van der Waals surface area contributed by atoms with Gasteiger partial charge in [0.15, 0.2) is 0 Å². The number of thioether (sulfide) groups is 1. The number of nitrogens with zero attached hydrogens (tertiary/aromatic N) is 1. The van der Waals surface area contributed by atoms with Crippen molar-refractivity contribution in [3.05, 3.63) is 106 Å². The molecule has 182 valence electrons. The molecule has 2 aliphatic rings. The molecule has 6 nitrogen and oxygen atoms in total. The van der Waals surface area contributed by atoms with E-state index in [4.69, 9.17) is 16.3 Å². The summed E-state index contributed by atoms with van der Waals surface area (Å²) in [7, 11) is 1.66. The fourth-order valence-corrected chi connectivity index (χ4v) is 5.08. The molecular weight excluding hydrogens is 456 g/mol. The highest BCUT2D eigenvalue weighted by molar-refractivity contribution is 8.02. The Morgan fingerprint density at radius 2 is 2.00 bits per heavy atom. The summed E-state index contributed by atoms with van der Waals surface area (Å²) in [5.74, 6) is 7.00. The highest BCUT2D eigenvalue weighted by atomic mass is 32.2. The second-order valence-corrected chi connectivity index (χ2v) is 9.77. The van der Waals surface area contributed by atoms with Gasteiger partial charge in [0.25, 0.3) is 5.91 Å². The number of carbonyl (C=O) groups is 1. The highest BCUT2D eigenvalue weighted by Gasteiger charge is 2.16. The minimum Gasteiger partial charge on any atom is -0.497 e. The lowest BCUT2D eigenvalue weighted by Crippen LogP contribution is -2.29. The van der Waals surface area contributed by atoms with Crippen LogP contribution < -0.4 is 16.9 Å². The van der Waals surface area contributed by atoms with Gasteiger partial charge in [-0.1, -0.05) is 30.4 Å². The minimum atomic E-state index is -0.187. The maximum atomic E-state index is 12.9. The largest absolute Gasteiger partial charge is 0.497 e. The summed E-state index contributed by atoms with van der Waals surface area (Å²) in [6.07, 6.45) is 11.1. The standard InChI is InChI=1S/C28H32N4O2S/c1-19(21-10-13-24(34-2)14-11-21)32(30)18-20-6-8-22(9-7-20)28(33)31-26-17-23(12-15-25(26)29)27-5-3-4-16-35-27/h4,6-10,12-17,27H,3,5,11,18,29-30H2,1-2H3,(H,31,33)/b21-19-. The summed E-state index contributed by atoms with van der Waals surface area (Å²) in [5.41, 5.74) is 12.3. The predicted molar refractivity (Wildman–Crippen MR) is 145 cm³/mol. The first kappa shape index (κ1) is 24.7. The van der Waals surface area contributed by atoms with Gasteiger partial charge < -0.3 is 20.8 Å². The number of nitrogens with two attached hydrogens (primary N) is 2. The topological polar surface area (TPSA) is 93.6 Å². The van der Waals surface area contributed by atoms with Gasteiger partial charge in [-0.2, -0.15) is 0 Å². The molecule has 1 amide bonds. The molecule has 5 N–H and O–H groups in total. The number of hydrazine groups is 1. The second kappa shape index (κ2) is 11.3. The lowest BCUT2D eigenvalue weighted by Gasteiger charge is -2.23. The molecule has 7 heteroatoms. The van der Waals surface area contributed by atoms with E-state index in [-0.39, 0.29) is 5.91 Å². The van der Waals surface area contributed by atoms with Crippen LogP contribution in [0, 0.1) is 0 Å². The molecule has 2 aromatic rings. The van der Waals surface area contributed by atoms with Crippen LogP contribution in [0.1, 0.15) is 52.9 Å². The van der Waals surface area contributed by atoms with Crippen molar-refractivity contribution >= 4 is 29.0 Å². The lowest BCUT2D eigenvalue weighted by molar-refractivity contribution is 0.102. The van der Waals surface area contributed by atoms with Crippen LogP contribution in [-0.2, 0) is 11.3 Å². The van der Waals surface area contributed by atoms with Crippen LogP contribution in [0.5, 0.6) is 0 Å². The van der Waals surface area contributed by atoms with E-state index in [0.717, 1.165) is 41.9 Å². The van der Waals surface area contributed by atoms with E-state index in [1.807, 2.05) is 67.6 Å². The molecule has 2 aromatic carbocycles. The summed E-state index contributed by atoms with van der Waals surface area (Å²) in [6, 6.07) is 13.4. The van der Waals surface area contributed by atoms with Crippen LogP contribution in [-0.4, -0.2) is 18.0 Å². The Morgan fingerprint density at radius 1 is 1.20 bits per heavy atom. The Bertz CT molecular complexity index is 1200. The number of benzene rings is 2. The van der Waals surface area contributed by atoms with E-state index in [2.05, 4.69) is 16.8 Å². The number of ether oxygens (including phenoxy) is 1. The molecule has 35 heavy (non-hydrogen) atoms. The number of nitrogens with one attached hydrogen (secondary N) is 1. The number of nitrogen functional groups attached to an aromatic ring is 1. The summed E-state index contributed by atoms with van der Waals surface area (Å²) >= 11 is 1.80. The molecule has 0 spiro atoms. The average Bonchev–Trinajstić information content (AvgIpc) is 2.90. The van der Waals surface area contributed by atoms with Gasteiger partial charge in [0.2, 0.25) is 0 Å². The third kappa shape index (κ3) is 6.18. The fraction of sp³-hybridized carbons (Fsp3) is 0.250. The molecule has 1 atom stereocenters. The number of anilines is 2. The summed E-state index contributed by atoms with van der Waals surface area (Å²) < 4.78 is 5.25. The van der Waals surface area contributed by atoms with Crippen molar-refractivity contribution < 1.29 is 9.53 Å². The number of hydrogen-bond donors (Lipinski definition) is 3. The van der Waals surface area contributed by atoms with Gasteiger partial charge in [-0.15, -0.1) is 11.8 Å². The van der Waals surface area contributed by atoms with Gasteiger partial charge in [-0.3, -0.25) is 4.79 Å². The number of allylic oxidation sites excluding steroid dienone is 6. The zero-order chi connectivity index (χ0) is 24.8. The van der Waals surface area contributed by atoms with Crippen molar-refractivity contribution in [2.45, 2.75) is 38.0 Å². The lowest BCUT2D eigenvalue weighted by atomic mass is 10.0. The van der Waals surface area contributed by atoms with Gasteiger partial charge in [-0.05, 0) is 84.7 Å². The molecule has 4 rings (SSSR count). The molecule has 1 aliphatic carbocycles. The summed E-state index contributed by atoms with van der Waals surface area (Å²) in [4.78, 5) is 12.9. The number of rotatable bonds is 7. The van der Waals surface area contributed by atoms with Crippen LogP contribution in [0.2, 0.25) is 0 Å². The van der Waals surface area contributed by atoms with Crippen molar-refractivity contribution in [3.8, 4) is 0 Å². The molecule has 1 heterocycles. The second-order valence-electron chi connectivity index (χ2n) is 8.66. The molecule has 1 unspecified atom stereocenters. The SMILES string of the molecule is COC1=CC/C(=C(/C)N(N)Cc2ccc(C(=O)Nc3cc(C4CCC=CS4)ccc3N)cc2)C=C1. The quantitative estimate of drug-likeness (QED) is 0.250. The molecule has 0 saturated heterocycles. The maximum Gasteiger partial charge on any atom is 0.255 e. The number of methoxy groups -OCH3 is 1. The van der Waals surface area contributed by atoms with E-state index >= 15 is 0 Å². The highest BCUT2D eigenvalue weighted by Crippen LogP contribution is 2.39. The van der Waals surface area contributed by atoms with Crippen molar-refractivity contribution in [2.24, 2.45) is 5.84 Å². The van der Waals surface area contributed by atoms with E-state index in [1.165, 1.54) is 5.56 Å². The smallest absolute Gasteiger partial charge is 0.255 e. The molecule has 1 aliphatic heterocycles. The van der Waals surface area contributed by atoms with E-state index in [1.54, 1.807) is 23.9 Å². The van der Waals surface area contributed by atoms with Crippen molar-refractivity contribution in [1.29, 1.82) is 0 Å². The Labute approximate surface area is 211 Å². The van der Waals surface area contributed by atoms with E-state index in [0.29, 0.717) is 28.7 Å². The Hall–Kier alpha value is -3.42. The molecule has 0 bridgehead atoms. The van der Waals surface area contributed by atoms with Gasteiger partial charge in [0, 0.05) is 16.5 Å². The van der Waals surface area contributed by atoms with Crippen molar-refractivity contribution in [3.63, 3.8) is 0 Å². The zero-order valence-electron chi connectivity index (χ0n) is 20.2. The Balaban J connectivity index is 1.39. The third-order valence-electron chi connectivity index (χ3n) is 6.30. The molecule has 0 saturated carbocycles. The number of hydrogen-bond acceptors (Lipinski definition) is 6. The summed E-state index contributed by atoms with van der Waals surface area (Å²) in [6.45, 7) is 2.54. The van der Waals surface area contributed by atoms with Crippen molar-refractivity contribution in [2.75, 3.05) is 18.2 Å². The number of carbonyl (C=O) groups excluding carboxylic acids is 1. The van der Waals surface area contributed by atoms with Crippen LogP contribution in [0.25, 0.3) is 0 Å². The minimum absolute atomic E-state index is 0.187. The molecule has 0 aromatic heterocycles. The monoisotopic (exact) mass is 488 g/mol. The van der Waals surface area contributed by atoms with Crippen LogP contribution >= 0.6 is 11.8 Å².